The summed E-state index contributed by atoms with van der Waals surface area (Å²) in [6.45, 7) is 5.77. The van der Waals surface area contributed by atoms with Crippen molar-refractivity contribution in [2.75, 3.05) is 6.61 Å². The van der Waals surface area contributed by atoms with Gasteiger partial charge in [-0.1, -0.05) is 13.8 Å². The predicted octanol–water partition coefficient (Wildman–Crippen LogP) is 4.79. The van der Waals surface area contributed by atoms with Crippen LogP contribution < -0.4 is 10.5 Å². The second-order valence-corrected chi connectivity index (χ2v) is 7.71. The van der Waals surface area contributed by atoms with Gasteiger partial charge in [0.1, 0.15) is 24.3 Å². The number of hydrogen-bond acceptors (Lipinski definition) is 4. The fourth-order valence-electron chi connectivity index (χ4n) is 3.36. The normalized spacial score (nSPS) is 14.4. The Morgan fingerprint density at radius 1 is 1.18 bits per heavy atom. The summed E-state index contributed by atoms with van der Waals surface area (Å²) >= 11 is 0. The number of nitrogens with one attached hydrogen (secondary N) is 1. The Morgan fingerprint density at radius 3 is 2.61 bits per heavy atom. The van der Waals surface area contributed by atoms with E-state index in [1.54, 1.807) is 25.3 Å². The lowest BCUT2D eigenvalue weighted by Gasteiger charge is -2.27. The summed E-state index contributed by atoms with van der Waals surface area (Å²) in [5.41, 5.74) is 5.91. The number of fused-ring (bicyclic) bond motifs is 1. The number of rotatable bonds is 6. The summed E-state index contributed by atoms with van der Waals surface area (Å²) in [5, 5.41) is 0.649. The Hall–Kier alpha value is -2.61. The van der Waals surface area contributed by atoms with Gasteiger partial charge in [0.05, 0.1) is 11.3 Å². The number of ether oxygens (including phenoxy) is 1. The van der Waals surface area contributed by atoms with Gasteiger partial charge in [0, 0.05) is 22.7 Å². The van der Waals surface area contributed by atoms with Crippen molar-refractivity contribution in [1.82, 2.24) is 15.0 Å². The molecule has 150 valence electrons. The third-order valence-corrected chi connectivity index (χ3v) is 4.34. The Bertz CT molecular complexity index is 963. The lowest BCUT2D eigenvalue weighted by molar-refractivity contribution is -0.139. The fraction of sp³-hybridized carbons (Fsp3) is 0.400. The highest BCUT2D eigenvalue weighted by molar-refractivity contribution is 5.90. The van der Waals surface area contributed by atoms with E-state index in [-0.39, 0.29) is 12.4 Å². The molecule has 0 radical (unpaired) electrons. The maximum atomic E-state index is 13.7. The molecule has 0 amide bonds. The molecule has 1 atom stereocenters. The van der Waals surface area contributed by atoms with Crippen LogP contribution in [0, 0.1) is 5.92 Å². The molecule has 3 rings (SSSR count). The predicted molar refractivity (Wildman–Crippen MR) is 102 cm³/mol. The number of nitrogens with two attached hydrogens (primary N) is 1. The Kier molecular flexibility index (Phi) is 5.34. The summed E-state index contributed by atoms with van der Waals surface area (Å²) in [4.78, 5) is 11.2. The molecule has 3 aromatic rings. The van der Waals surface area contributed by atoms with Gasteiger partial charge >= 0.3 is 6.18 Å². The lowest BCUT2D eigenvalue weighted by atomic mass is 9.93. The number of H-pyrrole nitrogens is 1. The summed E-state index contributed by atoms with van der Waals surface area (Å²) in [5.74, 6) is 0.0700. The van der Waals surface area contributed by atoms with Crippen LogP contribution in [0.2, 0.25) is 0 Å². The number of aromatic amines is 1. The molecular formula is C20H23F3N4O. The number of halogens is 3. The van der Waals surface area contributed by atoms with E-state index in [1.807, 2.05) is 13.8 Å². The van der Waals surface area contributed by atoms with E-state index in [2.05, 4.69) is 15.0 Å². The fourth-order valence-corrected chi connectivity index (χ4v) is 3.36. The summed E-state index contributed by atoms with van der Waals surface area (Å²) in [6.07, 6.45) is -0.947. The molecule has 0 saturated carbocycles. The molecule has 0 saturated heterocycles. The van der Waals surface area contributed by atoms with Crippen LogP contribution in [0.4, 0.5) is 13.2 Å². The summed E-state index contributed by atoms with van der Waals surface area (Å²) in [6, 6.07) is 5.67. The number of benzene rings is 1. The van der Waals surface area contributed by atoms with Crippen molar-refractivity contribution in [1.29, 1.82) is 0 Å². The molecule has 0 aliphatic heterocycles. The van der Waals surface area contributed by atoms with Crippen molar-refractivity contribution in [3.05, 3.63) is 42.4 Å². The first-order chi connectivity index (χ1) is 13.1. The van der Waals surface area contributed by atoms with Crippen LogP contribution in [0.15, 0.2) is 36.8 Å². The third-order valence-electron chi connectivity index (χ3n) is 4.34. The zero-order chi connectivity index (χ0) is 20.5. The molecule has 0 aliphatic rings. The minimum absolute atomic E-state index is 0.0107. The molecule has 1 unspecified atom stereocenters. The largest absolute Gasteiger partial charge is 0.491 e. The van der Waals surface area contributed by atoms with Gasteiger partial charge in [-0.2, -0.15) is 13.2 Å². The molecule has 0 bridgehead atoms. The average Bonchev–Trinajstić information content (AvgIpc) is 3.06. The molecule has 0 spiro atoms. The van der Waals surface area contributed by atoms with E-state index in [4.69, 9.17) is 10.5 Å². The van der Waals surface area contributed by atoms with Crippen LogP contribution in [-0.4, -0.2) is 27.1 Å². The van der Waals surface area contributed by atoms with Gasteiger partial charge < -0.3 is 15.5 Å². The standard InChI is InChI=1S/C20H23F3N4O/c1-12(2)9-19(3,24)10-28-16-5-4-13(8-15(16)20(21,22)23)17-14-6-7-25-18(14)27-11-26-17/h4-8,11-12H,9-10,24H2,1-3H3,(H,25,26,27). The maximum Gasteiger partial charge on any atom is 0.419 e. The van der Waals surface area contributed by atoms with Crippen molar-refractivity contribution in [2.24, 2.45) is 11.7 Å². The van der Waals surface area contributed by atoms with E-state index in [1.165, 1.54) is 12.4 Å². The van der Waals surface area contributed by atoms with Crippen LogP contribution in [0.1, 0.15) is 32.8 Å². The molecule has 8 heteroatoms. The number of aromatic nitrogens is 3. The Balaban J connectivity index is 1.96. The molecule has 5 nitrogen and oxygen atoms in total. The van der Waals surface area contributed by atoms with Crippen molar-refractivity contribution in [3.63, 3.8) is 0 Å². The SMILES string of the molecule is CC(C)CC(C)(N)COc1ccc(-c2ncnc3[nH]ccc23)cc1C(F)(F)F. The van der Waals surface area contributed by atoms with Crippen LogP contribution in [-0.2, 0) is 6.18 Å². The third kappa shape index (κ3) is 4.44. The molecular weight excluding hydrogens is 369 g/mol. The molecule has 2 aromatic heterocycles. The zero-order valence-corrected chi connectivity index (χ0v) is 16.0. The minimum atomic E-state index is -4.57. The number of alkyl halides is 3. The van der Waals surface area contributed by atoms with Gasteiger partial charge in [0.2, 0.25) is 0 Å². The minimum Gasteiger partial charge on any atom is -0.491 e. The zero-order valence-electron chi connectivity index (χ0n) is 16.0. The second kappa shape index (κ2) is 7.43. The van der Waals surface area contributed by atoms with Gasteiger partial charge in [-0.25, -0.2) is 9.97 Å². The second-order valence-electron chi connectivity index (χ2n) is 7.71. The highest BCUT2D eigenvalue weighted by atomic mass is 19.4. The van der Waals surface area contributed by atoms with Crippen LogP contribution in [0.5, 0.6) is 5.75 Å². The molecule has 0 fully saturated rings. The van der Waals surface area contributed by atoms with E-state index >= 15 is 0 Å². The van der Waals surface area contributed by atoms with Crippen LogP contribution in [0.3, 0.4) is 0 Å². The van der Waals surface area contributed by atoms with Crippen molar-refractivity contribution >= 4 is 11.0 Å². The van der Waals surface area contributed by atoms with Crippen molar-refractivity contribution in [3.8, 4) is 17.0 Å². The van der Waals surface area contributed by atoms with Crippen molar-refractivity contribution in [2.45, 2.75) is 38.9 Å². The van der Waals surface area contributed by atoms with Crippen molar-refractivity contribution < 1.29 is 17.9 Å². The topological polar surface area (TPSA) is 76.8 Å². The molecule has 2 heterocycles. The molecule has 0 aliphatic carbocycles. The Labute approximate surface area is 161 Å². The number of hydrogen-bond donors (Lipinski definition) is 2. The quantitative estimate of drug-likeness (QED) is 0.633. The van der Waals surface area contributed by atoms with Crippen LogP contribution >= 0.6 is 0 Å². The van der Waals surface area contributed by atoms with E-state index in [9.17, 15) is 13.2 Å². The van der Waals surface area contributed by atoms with Crippen LogP contribution in [0.25, 0.3) is 22.3 Å². The monoisotopic (exact) mass is 392 g/mol. The van der Waals surface area contributed by atoms with E-state index in [0.717, 1.165) is 6.07 Å². The lowest BCUT2D eigenvalue weighted by Crippen LogP contribution is -2.43. The maximum absolute atomic E-state index is 13.7. The smallest absolute Gasteiger partial charge is 0.419 e. The average molecular weight is 392 g/mol. The summed E-state index contributed by atoms with van der Waals surface area (Å²) < 4.78 is 46.5. The van der Waals surface area contributed by atoms with E-state index < -0.39 is 17.3 Å². The first-order valence-corrected chi connectivity index (χ1v) is 8.98. The van der Waals surface area contributed by atoms with Gasteiger partial charge in [-0.3, -0.25) is 0 Å². The van der Waals surface area contributed by atoms with E-state index in [0.29, 0.717) is 34.6 Å². The number of nitrogens with zero attached hydrogens (tertiary/aromatic N) is 2. The molecule has 28 heavy (non-hydrogen) atoms. The van der Waals surface area contributed by atoms with Gasteiger partial charge in [0.15, 0.2) is 0 Å². The molecule has 3 N–H and O–H groups in total. The molecule has 1 aromatic carbocycles. The van der Waals surface area contributed by atoms with Gasteiger partial charge in [-0.15, -0.1) is 0 Å². The Morgan fingerprint density at radius 2 is 1.93 bits per heavy atom. The van der Waals surface area contributed by atoms with Gasteiger partial charge in [-0.05, 0) is 43.5 Å². The highest BCUT2D eigenvalue weighted by Gasteiger charge is 2.35. The first-order valence-electron chi connectivity index (χ1n) is 8.98. The first kappa shape index (κ1) is 20.1. The summed E-state index contributed by atoms with van der Waals surface area (Å²) in [7, 11) is 0. The highest BCUT2D eigenvalue weighted by Crippen LogP contribution is 2.39. The van der Waals surface area contributed by atoms with Gasteiger partial charge in [0.25, 0.3) is 0 Å².